The SMILES string of the molecule is CC(C)(C#N)CCOc1ccc(N)c2cccnc12. The minimum atomic E-state index is -0.378. The predicted molar refractivity (Wildman–Crippen MR) is 75.7 cm³/mol. The van der Waals surface area contributed by atoms with Gasteiger partial charge in [0.1, 0.15) is 11.3 Å². The molecule has 0 saturated heterocycles. The van der Waals surface area contributed by atoms with Gasteiger partial charge in [-0.3, -0.25) is 4.98 Å². The average molecular weight is 255 g/mol. The van der Waals surface area contributed by atoms with Crippen molar-refractivity contribution in [2.75, 3.05) is 12.3 Å². The Labute approximate surface area is 112 Å². The molecule has 0 fully saturated rings. The van der Waals surface area contributed by atoms with Crippen LogP contribution < -0.4 is 10.5 Å². The van der Waals surface area contributed by atoms with Gasteiger partial charge in [0.15, 0.2) is 0 Å². The number of nitrogens with two attached hydrogens (primary N) is 1. The van der Waals surface area contributed by atoms with E-state index in [1.165, 1.54) is 0 Å². The van der Waals surface area contributed by atoms with Crippen molar-refractivity contribution in [3.63, 3.8) is 0 Å². The maximum atomic E-state index is 8.96. The van der Waals surface area contributed by atoms with Crippen molar-refractivity contribution >= 4 is 16.6 Å². The van der Waals surface area contributed by atoms with Crippen LogP contribution in [0.2, 0.25) is 0 Å². The molecule has 0 spiro atoms. The van der Waals surface area contributed by atoms with E-state index in [1.54, 1.807) is 6.20 Å². The van der Waals surface area contributed by atoms with Gasteiger partial charge in [-0.1, -0.05) is 0 Å². The number of nitrogens with zero attached hydrogens (tertiary/aromatic N) is 2. The minimum Gasteiger partial charge on any atom is -0.491 e. The average Bonchev–Trinajstić information content (AvgIpc) is 2.42. The normalized spacial score (nSPS) is 11.2. The Kier molecular flexibility index (Phi) is 3.57. The maximum Gasteiger partial charge on any atom is 0.145 e. The molecule has 1 heterocycles. The molecule has 4 heteroatoms. The fraction of sp³-hybridized carbons (Fsp3) is 0.333. The molecule has 2 N–H and O–H groups in total. The van der Waals surface area contributed by atoms with Crippen molar-refractivity contribution in [3.05, 3.63) is 30.5 Å². The number of hydrogen-bond acceptors (Lipinski definition) is 4. The van der Waals surface area contributed by atoms with Gasteiger partial charge in [-0.05, 0) is 44.5 Å². The summed E-state index contributed by atoms with van der Waals surface area (Å²) in [4.78, 5) is 4.31. The molecule has 4 nitrogen and oxygen atoms in total. The molecule has 0 aliphatic carbocycles. The van der Waals surface area contributed by atoms with Crippen LogP contribution in [0.1, 0.15) is 20.3 Å². The maximum absolute atomic E-state index is 8.96. The summed E-state index contributed by atoms with van der Waals surface area (Å²) in [5.74, 6) is 0.707. The van der Waals surface area contributed by atoms with E-state index in [1.807, 2.05) is 38.1 Å². The van der Waals surface area contributed by atoms with Gasteiger partial charge in [0, 0.05) is 17.3 Å². The Bertz CT molecular complexity index is 629. The first-order valence-electron chi connectivity index (χ1n) is 6.21. The number of nitriles is 1. The van der Waals surface area contributed by atoms with Crippen LogP contribution in [0.15, 0.2) is 30.5 Å². The molecule has 0 amide bonds. The minimum absolute atomic E-state index is 0.378. The standard InChI is InChI=1S/C15H17N3O/c1-15(2,10-16)7-9-19-13-6-5-12(17)11-4-3-8-18-14(11)13/h3-6,8H,7,9,17H2,1-2H3. The number of hydrogen-bond donors (Lipinski definition) is 1. The van der Waals surface area contributed by atoms with Gasteiger partial charge < -0.3 is 10.5 Å². The highest BCUT2D eigenvalue weighted by molar-refractivity contribution is 5.94. The van der Waals surface area contributed by atoms with Gasteiger partial charge in [0.05, 0.1) is 18.1 Å². The van der Waals surface area contributed by atoms with Crippen molar-refractivity contribution in [1.29, 1.82) is 5.26 Å². The van der Waals surface area contributed by atoms with Gasteiger partial charge >= 0.3 is 0 Å². The molecule has 1 aromatic carbocycles. The predicted octanol–water partition coefficient (Wildman–Crippen LogP) is 3.14. The molecule has 0 bridgehead atoms. The summed E-state index contributed by atoms with van der Waals surface area (Å²) >= 11 is 0. The highest BCUT2D eigenvalue weighted by atomic mass is 16.5. The number of nitrogen functional groups attached to an aromatic ring is 1. The summed E-state index contributed by atoms with van der Waals surface area (Å²) in [6.07, 6.45) is 2.38. The van der Waals surface area contributed by atoms with E-state index in [0.717, 1.165) is 10.9 Å². The molecule has 98 valence electrons. The van der Waals surface area contributed by atoms with Gasteiger partial charge in [0.2, 0.25) is 0 Å². The molecule has 0 aliphatic heterocycles. The molecule has 0 saturated carbocycles. The zero-order chi connectivity index (χ0) is 13.9. The van der Waals surface area contributed by atoms with Crippen LogP contribution in [0, 0.1) is 16.7 Å². The van der Waals surface area contributed by atoms with Gasteiger partial charge in [-0.15, -0.1) is 0 Å². The van der Waals surface area contributed by atoms with Crippen LogP contribution in [0.4, 0.5) is 5.69 Å². The monoisotopic (exact) mass is 255 g/mol. The summed E-state index contributed by atoms with van der Waals surface area (Å²) in [7, 11) is 0. The summed E-state index contributed by atoms with van der Waals surface area (Å²) in [5, 5.41) is 9.85. The van der Waals surface area contributed by atoms with E-state index in [9.17, 15) is 0 Å². The topological polar surface area (TPSA) is 71.9 Å². The number of benzene rings is 1. The van der Waals surface area contributed by atoms with Crippen LogP contribution in [0.5, 0.6) is 5.75 Å². The first-order valence-corrected chi connectivity index (χ1v) is 6.21. The Morgan fingerprint density at radius 1 is 1.37 bits per heavy atom. The highest BCUT2D eigenvalue weighted by Gasteiger charge is 2.16. The zero-order valence-corrected chi connectivity index (χ0v) is 11.2. The molecule has 0 radical (unpaired) electrons. The molecule has 0 unspecified atom stereocenters. The van der Waals surface area contributed by atoms with Crippen LogP contribution in [0.25, 0.3) is 10.9 Å². The van der Waals surface area contributed by atoms with E-state index in [0.29, 0.717) is 24.5 Å². The molecule has 2 aromatic rings. The third-order valence-corrected chi connectivity index (χ3v) is 3.05. The second-order valence-corrected chi connectivity index (χ2v) is 5.15. The highest BCUT2D eigenvalue weighted by Crippen LogP contribution is 2.28. The van der Waals surface area contributed by atoms with Crippen molar-refractivity contribution < 1.29 is 4.74 Å². The number of rotatable bonds is 4. The van der Waals surface area contributed by atoms with E-state index < -0.39 is 0 Å². The van der Waals surface area contributed by atoms with Crippen molar-refractivity contribution in [2.45, 2.75) is 20.3 Å². The second kappa shape index (κ2) is 5.15. The van der Waals surface area contributed by atoms with Gasteiger partial charge in [-0.25, -0.2) is 0 Å². The molecule has 2 rings (SSSR count). The number of pyridine rings is 1. The summed E-state index contributed by atoms with van der Waals surface area (Å²) < 4.78 is 5.74. The van der Waals surface area contributed by atoms with Crippen LogP contribution >= 0.6 is 0 Å². The lowest BCUT2D eigenvalue weighted by molar-refractivity contribution is 0.266. The van der Waals surface area contributed by atoms with Crippen LogP contribution in [-0.2, 0) is 0 Å². The summed E-state index contributed by atoms with van der Waals surface area (Å²) in [5.41, 5.74) is 6.98. The zero-order valence-electron chi connectivity index (χ0n) is 11.2. The summed E-state index contributed by atoms with van der Waals surface area (Å²) in [6, 6.07) is 9.66. The molecule has 19 heavy (non-hydrogen) atoms. The van der Waals surface area contributed by atoms with Gasteiger partial charge in [-0.2, -0.15) is 5.26 Å². The molecular formula is C15H17N3O. The third-order valence-electron chi connectivity index (χ3n) is 3.05. The molecular weight excluding hydrogens is 238 g/mol. The largest absolute Gasteiger partial charge is 0.491 e. The van der Waals surface area contributed by atoms with Crippen LogP contribution in [-0.4, -0.2) is 11.6 Å². The fourth-order valence-corrected chi connectivity index (χ4v) is 1.76. The lowest BCUT2D eigenvalue weighted by Crippen LogP contribution is -2.13. The van der Waals surface area contributed by atoms with Crippen molar-refractivity contribution in [2.24, 2.45) is 5.41 Å². The number of ether oxygens (including phenoxy) is 1. The van der Waals surface area contributed by atoms with Crippen molar-refractivity contribution in [3.8, 4) is 11.8 Å². The Morgan fingerprint density at radius 2 is 2.16 bits per heavy atom. The van der Waals surface area contributed by atoms with E-state index >= 15 is 0 Å². The Balaban J connectivity index is 2.18. The first kappa shape index (κ1) is 13.2. The van der Waals surface area contributed by atoms with E-state index in [4.69, 9.17) is 15.7 Å². The smallest absolute Gasteiger partial charge is 0.145 e. The lowest BCUT2D eigenvalue weighted by Gasteiger charge is -2.16. The molecule has 1 aromatic heterocycles. The molecule has 0 atom stereocenters. The third kappa shape index (κ3) is 2.94. The number of aromatic nitrogens is 1. The van der Waals surface area contributed by atoms with E-state index in [2.05, 4.69) is 11.1 Å². The number of anilines is 1. The van der Waals surface area contributed by atoms with E-state index in [-0.39, 0.29) is 5.41 Å². The summed E-state index contributed by atoms with van der Waals surface area (Å²) in [6.45, 7) is 4.28. The van der Waals surface area contributed by atoms with Gasteiger partial charge in [0.25, 0.3) is 0 Å². The lowest BCUT2D eigenvalue weighted by atomic mass is 9.92. The first-order chi connectivity index (χ1) is 9.03. The Morgan fingerprint density at radius 3 is 2.89 bits per heavy atom. The van der Waals surface area contributed by atoms with Crippen LogP contribution in [0.3, 0.4) is 0 Å². The molecule has 0 aliphatic rings. The fourth-order valence-electron chi connectivity index (χ4n) is 1.76. The number of fused-ring (bicyclic) bond motifs is 1. The quantitative estimate of drug-likeness (QED) is 0.852. The Hall–Kier alpha value is -2.28. The second-order valence-electron chi connectivity index (χ2n) is 5.15. The van der Waals surface area contributed by atoms with Crippen molar-refractivity contribution in [1.82, 2.24) is 4.98 Å².